The highest BCUT2D eigenvalue weighted by atomic mass is 19.1. The molecule has 4 heteroatoms. The fraction of sp³-hybridized carbons (Fsp3) is 0.500. The Labute approximate surface area is 106 Å². The quantitative estimate of drug-likeness (QED) is 0.869. The molecule has 0 aliphatic carbocycles. The highest BCUT2D eigenvalue weighted by molar-refractivity contribution is 5.34. The molecule has 1 aliphatic rings. The second-order valence-electron chi connectivity index (χ2n) is 4.99. The number of halogens is 1. The Morgan fingerprint density at radius 2 is 2.33 bits per heavy atom. The van der Waals surface area contributed by atoms with E-state index in [1.807, 2.05) is 13.0 Å². The van der Waals surface area contributed by atoms with Crippen LogP contribution in [0.15, 0.2) is 18.2 Å². The fourth-order valence-electron chi connectivity index (χ4n) is 2.38. The molecule has 2 atom stereocenters. The average molecular weight is 248 g/mol. The van der Waals surface area contributed by atoms with E-state index in [1.54, 1.807) is 12.1 Å². The third kappa shape index (κ3) is 2.87. The van der Waals surface area contributed by atoms with Crippen molar-refractivity contribution in [3.63, 3.8) is 0 Å². The first-order chi connectivity index (χ1) is 8.60. The van der Waals surface area contributed by atoms with Crippen LogP contribution in [0.1, 0.15) is 24.5 Å². The van der Waals surface area contributed by atoms with Crippen molar-refractivity contribution in [3.8, 4) is 6.07 Å². The first-order valence-electron chi connectivity index (χ1n) is 6.19. The van der Waals surface area contributed by atoms with Crippen LogP contribution >= 0.6 is 0 Å². The van der Waals surface area contributed by atoms with Gasteiger partial charge in [0.2, 0.25) is 0 Å². The van der Waals surface area contributed by atoms with Gasteiger partial charge in [-0.15, -0.1) is 0 Å². The lowest BCUT2D eigenvalue weighted by molar-refractivity contribution is 0.0320. The van der Waals surface area contributed by atoms with Gasteiger partial charge in [-0.1, -0.05) is 13.0 Å². The molecule has 0 amide bonds. The molecule has 0 radical (unpaired) electrons. The molecule has 1 aromatic rings. The van der Waals surface area contributed by atoms with Gasteiger partial charge in [-0.2, -0.15) is 5.26 Å². The molecule has 0 saturated carbocycles. The fourth-order valence-corrected chi connectivity index (χ4v) is 2.38. The van der Waals surface area contributed by atoms with Gasteiger partial charge in [0.1, 0.15) is 11.9 Å². The Kier molecular flexibility index (Phi) is 3.95. The Hall–Kier alpha value is -1.44. The number of hydrogen-bond donors (Lipinski definition) is 1. The molecular formula is C14H17FN2O. The molecule has 96 valence electrons. The first-order valence-corrected chi connectivity index (χ1v) is 6.19. The first kappa shape index (κ1) is 13.0. The summed E-state index contributed by atoms with van der Waals surface area (Å²) in [6.45, 7) is 4.40. The number of nitrogens with zero attached hydrogens (tertiary/aromatic N) is 2. The predicted octanol–water partition coefficient (Wildman–Crippen LogP) is 1.90. The zero-order valence-corrected chi connectivity index (χ0v) is 10.4. The normalized spacial score (nSPS) is 24.8. The maximum atomic E-state index is 13.2. The molecule has 2 unspecified atom stereocenters. The van der Waals surface area contributed by atoms with Crippen molar-refractivity contribution < 1.29 is 9.50 Å². The summed E-state index contributed by atoms with van der Waals surface area (Å²) in [7, 11) is 0. The average Bonchev–Trinajstić information content (AvgIpc) is 2.36. The Morgan fingerprint density at radius 3 is 3.00 bits per heavy atom. The van der Waals surface area contributed by atoms with Crippen LogP contribution in [0.4, 0.5) is 4.39 Å². The lowest BCUT2D eigenvalue weighted by Gasteiger charge is -2.34. The SMILES string of the molecule is CC1CN(Cc2ccc(F)c(C#N)c2)CCC1O. The molecule has 1 aromatic carbocycles. The predicted molar refractivity (Wildman–Crippen MR) is 66.2 cm³/mol. The summed E-state index contributed by atoms with van der Waals surface area (Å²) in [6.07, 6.45) is 0.553. The minimum Gasteiger partial charge on any atom is -0.393 e. The second kappa shape index (κ2) is 5.47. The van der Waals surface area contributed by atoms with Crippen molar-refractivity contribution in [3.05, 3.63) is 35.1 Å². The summed E-state index contributed by atoms with van der Waals surface area (Å²) in [6, 6.07) is 6.51. The van der Waals surface area contributed by atoms with E-state index < -0.39 is 5.82 Å². The minimum absolute atomic E-state index is 0.0950. The van der Waals surface area contributed by atoms with Gasteiger partial charge in [0, 0.05) is 19.6 Å². The van der Waals surface area contributed by atoms with E-state index in [9.17, 15) is 9.50 Å². The maximum Gasteiger partial charge on any atom is 0.140 e. The topological polar surface area (TPSA) is 47.3 Å². The van der Waals surface area contributed by atoms with Crippen molar-refractivity contribution in [1.82, 2.24) is 4.90 Å². The molecule has 18 heavy (non-hydrogen) atoms. The monoisotopic (exact) mass is 248 g/mol. The summed E-state index contributed by atoms with van der Waals surface area (Å²) in [5, 5.41) is 18.4. The standard InChI is InChI=1S/C14H17FN2O/c1-10-8-17(5-4-14(10)18)9-11-2-3-13(15)12(6-11)7-16/h2-3,6,10,14,18H,4-5,8-9H2,1H3. The van der Waals surface area contributed by atoms with Crippen LogP contribution in [0.2, 0.25) is 0 Å². The molecule has 0 aromatic heterocycles. The summed E-state index contributed by atoms with van der Waals surface area (Å²) >= 11 is 0. The maximum absolute atomic E-state index is 13.2. The van der Waals surface area contributed by atoms with Gasteiger partial charge in [-0.05, 0) is 30.0 Å². The van der Waals surface area contributed by atoms with E-state index in [4.69, 9.17) is 5.26 Å². The summed E-state index contributed by atoms with van der Waals surface area (Å²) in [5.74, 6) is -0.210. The second-order valence-corrected chi connectivity index (χ2v) is 4.99. The number of likely N-dealkylation sites (tertiary alicyclic amines) is 1. The number of rotatable bonds is 2. The van der Waals surface area contributed by atoms with E-state index >= 15 is 0 Å². The Bertz CT molecular complexity index is 469. The van der Waals surface area contributed by atoms with Crippen molar-refractivity contribution in [2.24, 2.45) is 5.92 Å². The number of piperidine rings is 1. The Morgan fingerprint density at radius 1 is 1.56 bits per heavy atom. The summed E-state index contributed by atoms with van der Waals surface area (Å²) in [4.78, 5) is 2.23. The van der Waals surface area contributed by atoms with Gasteiger partial charge in [0.15, 0.2) is 0 Å². The van der Waals surface area contributed by atoms with E-state index in [0.717, 1.165) is 25.1 Å². The lowest BCUT2D eigenvalue weighted by Crippen LogP contribution is -2.41. The van der Waals surface area contributed by atoms with E-state index in [0.29, 0.717) is 6.54 Å². The van der Waals surface area contributed by atoms with Crippen LogP contribution < -0.4 is 0 Å². The van der Waals surface area contributed by atoms with Crippen LogP contribution in [-0.4, -0.2) is 29.2 Å². The number of aliphatic hydroxyl groups is 1. The summed E-state index contributed by atoms with van der Waals surface area (Å²) in [5.41, 5.74) is 1.04. The van der Waals surface area contributed by atoms with Crippen molar-refractivity contribution >= 4 is 0 Å². The molecule has 1 heterocycles. The van der Waals surface area contributed by atoms with Crippen molar-refractivity contribution in [1.29, 1.82) is 5.26 Å². The zero-order chi connectivity index (χ0) is 13.1. The van der Waals surface area contributed by atoms with Crippen LogP contribution in [0.25, 0.3) is 0 Å². The molecule has 0 bridgehead atoms. The van der Waals surface area contributed by atoms with Gasteiger partial charge >= 0.3 is 0 Å². The summed E-state index contributed by atoms with van der Waals surface area (Å²) < 4.78 is 13.2. The smallest absolute Gasteiger partial charge is 0.140 e. The van der Waals surface area contributed by atoms with E-state index in [2.05, 4.69) is 4.90 Å². The minimum atomic E-state index is -0.469. The van der Waals surface area contributed by atoms with E-state index in [-0.39, 0.29) is 17.6 Å². The van der Waals surface area contributed by atoms with Crippen molar-refractivity contribution in [2.75, 3.05) is 13.1 Å². The number of nitriles is 1. The molecule has 1 aliphatic heterocycles. The Balaban J connectivity index is 2.04. The molecule has 1 N–H and O–H groups in total. The number of aliphatic hydroxyl groups excluding tert-OH is 1. The van der Waals surface area contributed by atoms with Crippen LogP contribution in [0.5, 0.6) is 0 Å². The molecule has 1 saturated heterocycles. The molecule has 0 spiro atoms. The highest BCUT2D eigenvalue weighted by Gasteiger charge is 2.24. The molecule has 3 nitrogen and oxygen atoms in total. The van der Waals surface area contributed by atoms with Crippen LogP contribution in [-0.2, 0) is 6.54 Å². The van der Waals surface area contributed by atoms with Gasteiger partial charge in [-0.3, -0.25) is 4.90 Å². The van der Waals surface area contributed by atoms with Crippen LogP contribution in [0.3, 0.4) is 0 Å². The molecule has 1 fully saturated rings. The third-order valence-electron chi connectivity index (χ3n) is 3.50. The van der Waals surface area contributed by atoms with Crippen molar-refractivity contribution in [2.45, 2.75) is 26.0 Å². The van der Waals surface area contributed by atoms with Gasteiger partial charge < -0.3 is 5.11 Å². The van der Waals surface area contributed by atoms with E-state index in [1.165, 1.54) is 6.07 Å². The highest BCUT2D eigenvalue weighted by Crippen LogP contribution is 2.19. The third-order valence-corrected chi connectivity index (χ3v) is 3.50. The van der Waals surface area contributed by atoms with Gasteiger partial charge in [0.05, 0.1) is 11.7 Å². The van der Waals surface area contributed by atoms with Crippen LogP contribution in [0, 0.1) is 23.1 Å². The van der Waals surface area contributed by atoms with Gasteiger partial charge in [-0.25, -0.2) is 4.39 Å². The number of benzene rings is 1. The molecular weight excluding hydrogens is 231 g/mol. The molecule has 2 rings (SSSR count). The zero-order valence-electron chi connectivity index (χ0n) is 10.4. The number of hydrogen-bond acceptors (Lipinski definition) is 3. The largest absolute Gasteiger partial charge is 0.393 e. The lowest BCUT2D eigenvalue weighted by atomic mass is 9.96. The van der Waals surface area contributed by atoms with Gasteiger partial charge in [0.25, 0.3) is 0 Å².